The van der Waals surface area contributed by atoms with Crippen molar-refractivity contribution in [1.29, 1.82) is 0 Å². The van der Waals surface area contributed by atoms with Gasteiger partial charge in [-0.25, -0.2) is 0 Å². The van der Waals surface area contributed by atoms with E-state index in [0.717, 1.165) is 26.2 Å². The molecule has 1 fully saturated rings. The molecule has 0 amide bonds. The molecular formula is C13H28N2O. The average molecular weight is 228 g/mol. The first-order chi connectivity index (χ1) is 7.45. The van der Waals surface area contributed by atoms with Crippen molar-refractivity contribution in [1.82, 2.24) is 4.90 Å². The fourth-order valence-electron chi connectivity index (χ4n) is 2.19. The highest BCUT2D eigenvalue weighted by molar-refractivity contribution is 4.83. The Kier molecular flexibility index (Phi) is 5.22. The minimum atomic E-state index is 0.207. The number of hydrogen-bond donors (Lipinski definition) is 1. The van der Waals surface area contributed by atoms with E-state index in [2.05, 4.69) is 32.6 Å². The van der Waals surface area contributed by atoms with Crippen molar-refractivity contribution in [3.8, 4) is 0 Å². The standard InChI is InChI=1S/C13H28N2O/c1-5-16-12-6-8-15(9-7-12)10-13(3,4)11(2)14/h11-12H,5-10,14H2,1-4H3. The second-order valence-electron chi connectivity index (χ2n) is 5.71. The van der Waals surface area contributed by atoms with Crippen LogP contribution in [0.25, 0.3) is 0 Å². The molecule has 0 spiro atoms. The molecule has 1 rings (SSSR count). The van der Waals surface area contributed by atoms with Gasteiger partial charge in [-0.1, -0.05) is 13.8 Å². The van der Waals surface area contributed by atoms with Crippen LogP contribution in [-0.4, -0.2) is 43.3 Å². The molecule has 0 aromatic carbocycles. The SMILES string of the molecule is CCOC1CCN(CC(C)(C)C(C)N)CC1. The topological polar surface area (TPSA) is 38.5 Å². The lowest BCUT2D eigenvalue weighted by molar-refractivity contribution is 0.00507. The fraction of sp³-hybridized carbons (Fsp3) is 1.00. The van der Waals surface area contributed by atoms with Gasteiger partial charge in [-0.3, -0.25) is 0 Å². The predicted molar refractivity (Wildman–Crippen MR) is 68.5 cm³/mol. The highest BCUT2D eigenvalue weighted by atomic mass is 16.5. The van der Waals surface area contributed by atoms with Gasteiger partial charge in [-0.15, -0.1) is 0 Å². The summed E-state index contributed by atoms with van der Waals surface area (Å²) in [7, 11) is 0. The molecule has 2 N–H and O–H groups in total. The van der Waals surface area contributed by atoms with Gasteiger partial charge in [0.2, 0.25) is 0 Å². The van der Waals surface area contributed by atoms with Gasteiger partial charge < -0.3 is 15.4 Å². The minimum Gasteiger partial charge on any atom is -0.378 e. The summed E-state index contributed by atoms with van der Waals surface area (Å²) in [6.45, 7) is 12.9. The van der Waals surface area contributed by atoms with Crippen molar-refractivity contribution in [3.63, 3.8) is 0 Å². The Balaban J connectivity index is 2.32. The molecule has 1 atom stereocenters. The predicted octanol–water partition coefficient (Wildman–Crippen LogP) is 1.86. The summed E-state index contributed by atoms with van der Waals surface area (Å²) in [5, 5.41) is 0. The number of likely N-dealkylation sites (tertiary alicyclic amines) is 1. The van der Waals surface area contributed by atoms with Gasteiger partial charge in [0.05, 0.1) is 6.10 Å². The van der Waals surface area contributed by atoms with Crippen molar-refractivity contribution >= 4 is 0 Å². The van der Waals surface area contributed by atoms with Crippen molar-refractivity contribution < 1.29 is 4.74 Å². The van der Waals surface area contributed by atoms with Crippen LogP contribution in [0.2, 0.25) is 0 Å². The summed E-state index contributed by atoms with van der Waals surface area (Å²) >= 11 is 0. The van der Waals surface area contributed by atoms with Gasteiger partial charge >= 0.3 is 0 Å². The van der Waals surface area contributed by atoms with E-state index in [1.54, 1.807) is 0 Å². The van der Waals surface area contributed by atoms with Gasteiger partial charge in [0, 0.05) is 32.3 Å². The lowest BCUT2D eigenvalue weighted by atomic mass is 9.85. The van der Waals surface area contributed by atoms with Crippen LogP contribution in [0.15, 0.2) is 0 Å². The van der Waals surface area contributed by atoms with Gasteiger partial charge in [0.25, 0.3) is 0 Å². The number of nitrogens with zero attached hydrogens (tertiary/aromatic N) is 1. The van der Waals surface area contributed by atoms with E-state index >= 15 is 0 Å². The van der Waals surface area contributed by atoms with Crippen molar-refractivity contribution in [2.45, 2.75) is 52.7 Å². The molecule has 0 aliphatic carbocycles. The van der Waals surface area contributed by atoms with E-state index in [1.165, 1.54) is 12.8 Å². The van der Waals surface area contributed by atoms with Gasteiger partial charge in [0.1, 0.15) is 0 Å². The monoisotopic (exact) mass is 228 g/mol. The molecule has 0 aromatic heterocycles. The number of rotatable bonds is 5. The number of hydrogen-bond acceptors (Lipinski definition) is 3. The maximum Gasteiger partial charge on any atom is 0.0599 e. The molecule has 1 saturated heterocycles. The summed E-state index contributed by atoms with van der Waals surface area (Å²) in [5.74, 6) is 0. The minimum absolute atomic E-state index is 0.207. The van der Waals surface area contributed by atoms with Crippen LogP contribution in [0.1, 0.15) is 40.5 Å². The molecule has 0 bridgehead atoms. The average Bonchev–Trinajstić information content (AvgIpc) is 2.21. The first kappa shape index (κ1) is 13.9. The third kappa shape index (κ3) is 4.04. The molecule has 1 aliphatic rings. The van der Waals surface area contributed by atoms with Gasteiger partial charge in [0.15, 0.2) is 0 Å². The summed E-state index contributed by atoms with van der Waals surface area (Å²) in [4.78, 5) is 2.53. The Morgan fingerprint density at radius 3 is 2.38 bits per heavy atom. The Hall–Kier alpha value is -0.120. The maximum atomic E-state index is 6.01. The Bertz CT molecular complexity index is 196. The zero-order chi connectivity index (χ0) is 12.2. The highest BCUT2D eigenvalue weighted by Gasteiger charge is 2.28. The molecule has 1 heterocycles. The maximum absolute atomic E-state index is 6.01. The first-order valence-corrected chi connectivity index (χ1v) is 6.55. The third-order valence-electron chi connectivity index (χ3n) is 3.80. The highest BCUT2D eigenvalue weighted by Crippen LogP contribution is 2.23. The molecule has 0 saturated carbocycles. The summed E-state index contributed by atoms with van der Waals surface area (Å²) in [6, 6.07) is 0.247. The van der Waals surface area contributed by atoms with Crippen LogP contribution >= 0.6 is 0 Å². The fourth-order valence-corrected chi connectivity index (χ4v) is 2.19. The van der Waals surface area contributed by atoms with Crippen LogP contribution in [-0.2, 0) is 4.74 Å². The lowest BCUT2D eigenvalue weighted by Gasteiger charge is -2.39. The molecular weight excluding hydrogens is 200 g/mol. The van der Waals surface area contributed by atoms with Crippen LogP contribution < -0.4 is 5.73 Å². The van der Waals surface area contributed by atoms with Gasteiger partial charge in [-0.2, -0.15) is 0 Å². The largest absolute Gasteiger partial charge is 0.378 e. The summed E-state index contributed by atoms with van der Waals surface area (Å²) in [6.07, 6.45) is 2.82. The van der Waals surface area contributed by atoms with Crippen molar-refractivity contribution in [2.75, 3.05) is 26.2 Å². The Morgan fingerprint density at radius 1 is 1.38 bits per heavy atom. The van der Waals surface area contributed by atoms with Crippen molar-refractivity contribution in [2.24, 2.45) is 11.1 Å². The third-order valence-corrected chi connectivity index (χ3v) is 3.80. The second kappa shape index (κ2) is 5.99. The number of piperidine rings is 1. The molecule has 1 aliphatic heterocycles. The zero-order valence-corrected chi connectivity index (χ0v) is 11.3. The van der Waals surface area contributed by atoms with Gasteiger partial charge in [-0.05, 0) is 32.1 Å². The van der Waals surface area contributed by atoms with Crippen LogP contribution in [0.4, 0.5) is 0 Å². The second-order valence-corrected chi connectivity index (χ2v) is 5.71. The molecule has 1 unspecified atom stereocenters. The van der Waals surface area contributed by atoms with Crippen LogP contribution in [0.5, 0.6) is 0 Å². The number of nitrogens with two attached hydrogens (primary N) is 1. The molecule has 3 nitrogen and oxygen atoms in total. The molecule has 16 heavy (non-hydrogen) atoms. The first-order valence-electron chi connectivity index (χ1n) is 6.55. The molecule has 3 heteroatoms. The molecule has 0 radical (unpaired) electrons. The van der Waals surface area contributed by atoms with E-state index in [4.69, 9.17) is 10.5 Å². The van der Waals surface area contributed by atoms with E-state index in [9.17, 15) is 0 Å². The van der Waals surface area contributed by atoms with E-state index in [1.807, 2.05) is 0 Å². The number of ether oxygens (including phenoxy) is 1. The summed E-state index contributed by atoms with van der Waals surface area (Å²) < 4.78 is 5.66. The zero-order valence-electron chi connectivity index (χ0n) is 11.3. The van der Waals surface area contributed by atoms with E-state index < -0.39 is 0 Å². The molecule has 96 valence electrons. The van der Waals surface area contributed by atoms with Crippen molar-refractivity contribution in [3.05, 3.63) is 0 Å². The molecule has 0 aromatic rings. The quantitative estimate of drug-likeness (QED) is 0.780. The van der Waals surface area contributed by atoms with Crippen LogP contribution in [0, 0.1) is 5.41 Å². The van der Waals surface area contributed by atoms with Crippen LogP contribution in [0.3, 0.4) is 0 Å². The van der Waals surface area contributed by atoms with E-state index in [-0.39, 0.29) is 11.5 Å². The smallest absolute Gasteiger partial charge is 0.0599 e. The van der Waals surface area contributed by atoms with E-state index in [0.29, 0.717) is 6.10 Å². The normalized spacial score (nSPS) is 22.3. The lowest BCUT2D eigenvalue weighted by Crippen LogP contribution is -2.47. The summed E-state index contributed by atoms with van der Waals surface area (Å²) in [5.41, 5.74) is 6.22. The Labute approximate surface area is 100 Å². The Morgan fingerprint density at radius 2 is 1.94 bits per heavy atom.